The highest BCUT2D eigenvalue weighted by molar-refractivity contribution is 7.92. The van der Waals surface area contributed by atoms with Crippen molar-refractivity contribution in [1.29, 1.82) is 0 Å². The van der Waals surface area contributed by atoms with Crippen molar-refractivity contribution >= 4 is 33.0 Å². The van der Waals surface area contributed by atoms with Crippen molar-refractivity contribution in [3.8, 4) is 0 Å². The molecule has 1 N–H and O–H groups in total. The number of benzene rings is 2. The van der Waals surface area contributed by atoms with Crippen LogP contribution >= 0.6 is 11.6 Å². The van der Waals surface area contributed by atoms with Gasteiger partial charge in [0.1, 0.15) is 6.61 Å². The second-order valence-corrected chi connectivity index (χ2v) is 11.1. The number of sulfonamides is 1. The molecule has 0 heterocycles. The molecule has 0 spiro atoms. The summed E-state index contributed by atoms with van der Waals surface area (Å²) in [5.41, 5.74) is 1.75. The van der Waals surface area contributed by atoms with E-state index in [4.69, 9.17) is 16.4 Å². The monoisotopic (exact) mass is 446 g/mol. The summed E-state index contributed by atoms with van der Waals surface area (Å²) in [6, 6.07) is 16.6. The molecule has 0 radical (unpaired) electrons. The molecule has 0 amide bonds. The third-order valence-electron chi connectivity index (χ3n) is 6.97. The molecule has 0 aromatic heterocycles. The molecule has 160 valence electrons. The minimum Gasteiger partial charge on any atom is -0.391 e. The van der Waals surface area contributed by atoms with Crippen LogP contribution in [-0.4, -0.2) is 19.9 Å². The van der Waals surface area contributed by atoms with Gasteiger partial charge in [-0.05, 0) is 60.4 Å². The number of nitrogens with one attached hydrogen (secondary N) is 1. The highest BCUT2D eigenvalue weighted by Gasteiger charge is 2.64. The molecule has 2 aromatic carbocycles. The first kappa shape index (κ1) is 21.2. The molecule has 2 bridgehead atoms. The fourth-order valence-electron chi connectivity index (χ4n) is 5.08. The number of fused-ring (bicyclic) bond motifs is 2. The van der Waals surface area contributed by atoms with Gasteiger partial charge in [-0.1, -0.05) is 60.9 Å². The molecule has 4 rings (SSSR count). The van der Waals surface area contributed by atoms with E-state index in [9.17, 15) is 8.42 Å². The summed E-state index contributed by atoms with van der Waals surface area (Å²) in [5.74, 6) is 0.418. The summed E-state index contributed by atoms with van der Waals surface area (Å²) in [6.07, 6.45) is 2.61. The minimum atomic E-state index is -3.59. The van der Waals surface area contributed by atoms with Gasteiger partial charge in [-0.25, -0.2) is 8.42 Å². The fraction of sp³-hybridized carbons (Fsp3) is 0.435. The number of hydrogen-bond donors (Lipinski definition) is 1. The van der Waals surface area contributed by atoms with Crippen molar-refractivity contribution in [2.45, 2.75) is 39.7 Å². The first-order valence-corrected chi connectivity index (χ1v) is 12.2. The number of halogens is 1. The first-order valence-electron chi connectivity index (χ1n) is 10.2. The van der Waals surface area contributed by atoms with Crippen LogP contribution < -0.4 is 4.72 Å². The summed E-state index contributed by atoms with van der Waals surface area (Å²) in [6.45, 7) is 4.71. The second kappa shape index (κ2) is 7.89. The highest BCUT2D eigenvalue weighted by Crippen LogP contribution is 2.64. The van der Waals surface area contributed by atoms with Crippen LogP contribution in [0, 0.1) is 16.7 Å². The maximum absolute atomic E-state index is 13.1. The summed E-state index contributed by atoms with van der Waals surface area (Å²) >= 11 is 5.91. The van der Waals surface area contributed by atoms with Crippen LogP contribution in [0.4, 0.5) is 5.69 Å². The van der Waals surface area contributed by atoms with E-state index in [-0.39, 0.29) is 11.2 Å². The number of nitrogens with zero attached hydrogens (tertiary/aromatic N) is 1. The van der Waals surface area contributed by atoms with E-state index in [1.165, 1.54) is 0 Å². The van der Waals surface area contributed by atoms with Gasteiger partial charge in [-0.15, -0.1) is 0 Å². The van der Waals surface area contributed by atoms with Gasteiger partial charge in [0.15, 0.2) is 0 Å². The lowest BCUT2D eigenvalue weighted by atomic mass is 9.70. The van der Waals surface area contributed by atoms with Crippen LogP contribution in [0.15, 0.2) is 59.8 Å². The Bertz CT molecular complexity index is 1040. The van der Waals surface area contributed by atoms with Crippen molar-refractivity contribution in [1.82, 2.24) is 0 Å². The zero-order valence-electron chi connectivity index (χ0n) is 17.3. The van der Waals surface area contributed by atoms with E-state index >= 15 is 0 Å². The van der Waals surface area contributed by atoms with Crippen molar-refractivity contribution in [3.63, 3.8) is 0 Å². The van der Waals surface area contributed by atoms with Gasteiger partial charge in [0, 0.05) is 16.1 Å². The molecule has 2 fully saturated rings. The van der Waals surface area contributed by atoms with E-state index in [0.717, 1.165) is 30.5 Å². The van der Waals surface area contributed by atoms with Gasteiger partial charge in [0.05, 0.1) is 11.5 Å². The second-order valence-electron chi connectivity index (χ2n) is 8.91. The molecule has 5 nitrogen and oxygen atoms in total. The molecule has 2 aliphatic carbocycles. The Hall–Kier alpha value is -2.05. The first-order chi connectivity index (χ1) is 14.2. The van der Waals surface area contributed by atoms with Gasteiger partial charge >= 0.3 is 0 Å². The lowest BCUT2D eigenvalue weighted by Gasteiger charge is -2.37. The van der Waals surface area contributed by atoms with Crippen LogP contribution in [-0.2, 0) is 21.5 Å². The smallest absolute Gasteiger partial charge is 0.233 e. The van der Waals surface area contributed by atoms with Crippen LogP contribution in [0.25, 0.3) is 0 Å². The molecule has 30 heavy (non-hydrogen) atoms. The lowest BCUT2D eigenvalue weighted by Crippen LogP contribution is -2.43. The van der Waals surface area contributed by atoms with Crippen molar-refractivity contribution in [3.05, 3.63) is 65.2 Å². The Labute approximate surface area is 183 Å². The quantitative estimate of drug-likeness (QED) is 0.572. The Kier molecular flexibility index (Phi) is 5.58. The fourth-order valence-corrected chi connectivity index (χ4v) is 7.10. The molecule has 7 heteroatoms. The summed E-state index contributed by atoms with van der Waals surface area (Å²) in [5, 5.41) is 5.05. The molecule has 2 aliphatic rings. The molecule has 0 aliphatic heterocycles. The van der Waals surface area contributed by atoms with Gasteiger partial charge < -0.3 is 4.84 Å². The van der Waals surface area contributed by atoms with E-state index in [0.29, 0.717) is 23.2 Å². The SMILES string of the molecule is CC1(C)C2CCC1(CS(=O)(=O)Nc1ccc(Cl)cc1)C(=NOCc1ccccc1)C2. The third-order valence-corrected chi connectivity index (χ3v) is 8.64. The zero-order chi connectivity index (χ0) is 21.4. The minimum absolute atomic E-state index is 0.000341. The summed E-state index contributed by atoms with van der Waals surface area (Å²) in [7, 11) is -3.59. The average molecular weight is 447 g/mol. The van der Waals surface area contributed by atoms with Gasteiger partial charge in [0.25, 0.3) is 0 Å². The van der Waals surface area contributed by atoms with Gasteiger partial charge in [-0.3, -0.25) is 4.72 Å². The van der Waals surface area contributed by atoms with Crippen LogP contribution in [0.2, 0.25) is 5.02 Å². The lowest BCUT2D eigenvalue weighted by molar-refractivity contribution is 0.123. The maximum Gasteiger partial charge on any atom is 0.233 e. The number of hydrogen-bond acceptors (Lipinski definition) is 4. The van der Waals surface area contributed by atoms with Crippen molar-refractivity contribution < 1.29 is 13.3 Å². The number of rotatable bonds is 7. The average Bonchev–Trinajstić information content (AvgIpc) is 3.05. The molecule has 0 saturated heterocycles. The maximum atomic E-state index is 13.1. The van der Waals surface area contributed by atoms with Crippen LogP contribution in [0.1, 0.15) is 38.7 Å². The van der Waals surface area contributed by atoms with Crippen LogP contribution in [0.5, 0.6) is 0 Å². The standard InChI is InChI=1S/C23H27ClN2O3S/c1-22(2)18-12-13-23(22,16-30(27,28)26-20-10-8-19(24)9-11-20)21(14-18)25-29-15-17-6-4-3-5-7-17/h3-11,18,26H,12-16H2,1-2H3. The topological polar surface area (TPSA) is 67.8 Å². The van der Waals surface area contributed by atoms with Gasteiger partial charge in [-0.2, -0.15) is 0 Å². The Morgan fingerprint density at radius 2 is 1.83 bits per heavy atom. The predicted octanol–water partition coefficient (Wildman–Crippen LogP) is 5.48. The molecular formula is C23H27ClN2O3S. The highest BCUT2D eigenvalue weighted by atomic mass is 35.5. The predicted molar refractivity (Wildman–Crippen MR) is 121 cm³/mol. The molecule has 2 atom stereocenters. The number of anilines is 1. The van der Waals surface area contributed by atoms with E-state index in [2.05, 4.69) is 23.7 Å². The molecule has 2 aromatic rings. The van der Waals surface area contributed by atoms with E-state index in [1.54, 1.807) is 24.3 Å². The zero-order valence-corrected chi connectivity index (χ0v) is 18.8. The Morgan fingerprint density at radius 1 is 1.13 bits per heavy atom. The molecular weight excluding hydrogens is 420 g/mol. The van der Waals surface area contributed by atoms with Crippen molar-refractivity contribution in [2.75, 3.05) is 10.5 Å². The molecule has 2 unspecified atom stereocenters. The normalized spacial score (nSPS) is 26.1. The van der Waals surface area contributed by atoms with Crippen molar-refractivity contribution in [2.24, 2.45) is 21.9 Å². The van der Waals surface area contributed by atoms with E-state index in [1.807, 2.05) is 30.3 Å². The van der Waals surface area contributed by atoms with Gasteiger partial charge in [0.2, 0.25) is 10.0 Å². The molecule has 2 saturated carbocycles. The Morgan fingerprint density at radius 3 is 2.50 bits per heavy atom. The van der Waals surface area contributed by atoms with Crippen LogP contribution in [0.3, 0.4) is 0 Å². The Balaban J connectivity index is 1.55. The third kappa shape index (κ3) is 3.95. The summed E-state index contributed by atoms with van der Waals surface area (Å²) < 4.78 is 28.9. The number of oxime groups is 1. The summed E-state index contributed by atoms with van der Waals surface area (Å²) in [4.78, 5) is 5.68. The van der Waals surface area contributed by atoms with E-state index < -0.39 is 15.4 Å². The largest absolute Gasteiger partial charge is 0.391 e.